The molecule has 1 spiro atoms. The van der Waals surface area contributed by atoms with E-state index in [2.05, 4.69) is 6.58 Å². The number of hydrogen-bond donors (Lipinski definition) is 0. The van der Waals surface area contributed by atoms with Crippen molar-refractivity contribution in [3.63, 3.8) is 0 Å². The van der Waals surface area contributed by atoms with E-state index in [1.54, 1.807) is 20.1 Å². The van der Waals surface area contributed by atoms with E-state index in [0.29, 0.717) is 50.9 Å². The minimum Gasteiger partial charge on any atom is -0.497 e. The molecule has 9 heteroatoms. The number of ether oxygens (including phenoxy) is 3. The summed E-state index contributed by atoms with van der Waals surface area (Å²) in [6.45, 7) is 6.74. The van der Waals surface area contributed by atoms with E-state index in [0.717, 1.165) is 12.0 Å². The van der Waals surface area contributed by atoms with Crippen molar-refractivity contribution in [1.29, 1.82) is 0 Å². The van der Waals surface area contributed by atoms with Crippen molar-refractivity contribution >= 4 is 23.8 Å². The number of amides is 2. The zero-order valence-corrected chi connectivity index (χ0v) is 23.6. The predicted molar refractivity (Wildman–Crippen MR) is 146 cm³/mol. The van der Waals surface area contributed by atoms with Gasteiger partial charge in [0, 0.05) is 37.3 Å². The molecular weight excluding hydrogens is 512 g/mol. The van der Waals surface area contributed by atoms with Gasteiger partial charge in [-0.05, 0) is 62.6 Å². The lowest BCUT2D eigenvalue weighted by atomic mass is 9.51. The molecule has 1 aromatic carbocycles. The molecule has 0 aromatic heterocycles. The van der Waals surface area contributed by atoms with Crippen LogP contribution < -0.4 is 4.74 Å². The van der Waals surface area contributed by atoms with Crippen molar-refractivity contribution in [1.82, 2.24) is 9.80 Å². The fraction of sp³-hybridized carbons (Fsp3) is 0.613. The van der Waals surface area contributed by atoms with E-state index >= 15 is 0 Å². The summed E-state index contributed by atoms with van der Waals surface area (Å²) in [6, 6.07) is 7.11. The zero-order valence-electron chi connectivity index (χ0n) is 23.6. The van der Waals surface area contributed by atoms with Crippen LogP contribution in [0.15, 0.2) is 36.9 Å². The Morgan fingerprint density at radius 3 is 2.65 bits per heavy atom. The second-order valence-electron chi connectivity index (χ2n) is 11.6. The van der Waals surface area contributed by atoms with Crippen LogP contribution >= 0.6 is 0 Å². The number of cyclic esters (lactones) is 1. The molecule has 1 aromatic rings. The monoisotopic (exact) mass is 552 g/mol. The van der Waals surface area contributed by atoms with Crippen LogP contribution in [0.25, 0.3) is 0 Å². The summed E-state index contributed by atoms with van der Waals surface area (Å²) < 4.78 is 16.5. The van der Waals surface area contributed by atoms with E-state index < -0.39 is 17.0 Å². The number of nitrogens with zero attached hydrogens (tertiary/aromatic N) is 2. The lowest BCUT2D eigenvalue weighted by Gasteiger charge is -2.64. The second-order valence-corrected chi connectivity index (χ2v) is 11.6. The minimum absolute atomic E-state index is 0.000697. The van der Waals surface area contributed by atoms with Crippen molar-refractivity contribution in [2.24, 2.45) is 17.3 Å². The molecule has 4 bridgehead atoms. The average molecular weight is 553 g/mol. The Morgan fingerprint density at radius 1 is 1.23 bits per heavy atom. The third-order valence-electron chi connectivity index (χ3n) is 9.59. The maximum atomic E-state index is 14.3. The minimum atomic E-state index is -0.956. The highest BCUT2D eigenvalue weighted by Crippen LogP contribution is 2.64. The number of carbonyl (C=O) groups is 4. The summed E-state index contributed by atoms with van der Waals surface area (Å²) in [5.41, 5.74) is -0.654. The molecule has 3 saturated heterocycles. The van der Waals surface area contributed by atoms with Gasteiger partial charge in [-0.15, -0.1) is 6.58 Å². The SMILES string of the molecule is C=CCCCC(=O)N1CC[C@@H]2[C@@H]3C[C@]4(CCC(=O)OC4)[C@H]1[C@@]2(CC(=O)OCC)N(Cc1ccc(OC)cc1)C3=O. The summed E-state index contributed by atoms with van der Waals surface area (Å²) in [5, 5.41) is 0. The maximum absolute atomic E-state index is 14.3. The summed E-state index contributed by atoms with van der Waals surface area (Å²) >= 11 is 0. The van der Waals surface area contributed by atoms with Gasteiger partial charge in [0.15, 0.2) is 0 Å². The zero-order chi connectivity index (χ0) is 28.5. The summed E-state index contributed by atoms with van der Waals surface area (Å²) in [7, 11) is 1.61. The highest BCUT2D eigenvalue weighted by Gasteiger charge is 2.74. The van der Waals surface area contributed by atoms with Gasteiger partial charge >= 0.3 is 11.9 Å². The molecule has 0 radical (unpaired) electrons. The number of rotatable bonds is 10. The second kappa shape index (κ2) is 11.3. The van der Waals surface area contributed by atoms with Gasteiger partial charge in [0.05, 0.1) is 38.3 Å². The Hall–Kier alpha value is -3.36. The predicted octanol–water partition coefficient (Wildman–Crippen LogP) is 3.65. The van der Waals surface area contributed by atoms with Gasteiger partial charge in [-0.1, -0.05) is 18.2 Å². The highest BCUT2D eigenvalue weighted by molar-refractivity contribution is 5.87. The van der Waals surface area contributed by atoms with Gasteiger partial charge in [-0.2, -0.15) is 0 Å². The number of likely N-dealkylation sites (tertiary alicyclic amines) is 2. The van der Waals surface area contributed by atoms with Crippen LogP contribution in [-0.2, 0) is 35.2 Å². The van der Waals surface area contributed by atoms with Crippen LogP contribution in [0.4, 0.5) is 0 Å². The van der Waals surface area contributed by atoms with Gasteiger partial charge < -0.3 is 24.0 Å². The third-order valence-corrected chi connectivity index (χ3v) is 9.59. The third kappa shape index (κ3) is 4.67. The molecule has 3 aliphatic heterocycles. The molecule has 40 heavy (non-hydrogen) atoms. The van der Waals surface area contributed by atoms with E-state index in [9.17, 15) is 19.2 Å². The number of hydrogen-bond acceptors (Lipinski definition) is 7. The molecule has 216 valence electrons. The standard InChI is InChI=1S/C31H40N2O7/c1-4-6-7-8-25(34)32-16-14-24-23-17-30(15-13-26(35)40-20-30)29(32)31(24,18-27(36)39-5-2)33(28(23)37)19-21-9-11-22(38-3)12-10-21/h4,9-12,23-24,29H,1,5-8,13-20H2,2-3H3/t23-,24+,29-,30-,31-/m0/s1. The first-order chi connectivity index (χ1) is 19.3. The van der Waals surface area contributed by atoms with E-state index in [-0.39, 0.29) is 61.6 Å². The van der Waals surface area contributed by atoms with Gasteiger partial charge in [0.2, 0.25) is 11.8 Å². The number of methoxy groups -OCH3 is 1. The molecule has 5 atom stereocenters. The normalized spacial score (nSPS) is 30.7. The number of unbranched alkanes of at least 4 members (excludes halogenated alkanes) is 1. The molecule has 2 amide bonds. The Morgan fingerprint density at radius 2 is 2.00 bits per heavy atom. The smallest absolute Gasteiger partial charge is 0.308 e. The van der Waals surface area contributed by atoms with Gasteiger partial charge in [-0.3, -0.25) is 19.2 Å². The van der Waals surface area contributed by atoms with Crippen LogP contribution in [0.3, 0.4) is 0 Å². The van der Waals surface area contributed by atoms with E-state index in [1.165, 1.54) is 0 Å². The quantitative estimate of drug-likeness (QED) is 0.248. The van der Waals surface area contributed by atoms with Crippen molar-refractivity contribution in [3.8, 4) is 5.75 Å². The molecule has 0 N–H and O–H groups in total. The fourth-order valence-electron chi connectivity index (χ4n) is 8.06. The molecule has 3 heterocycles. The lowest BCUT2D eigenvalue weighted by Crippen LogP contribution is -2.75. The van der Waals surface area contributed by atoms with Gasteiger partial charge in [0.25, 0.3) is 0 Å². The molecule has 9 nitrogen and oxygen atoms in total. The van der Waals surface area contributed by atoms with Crippen LogP contribution in [-0.4, -0.2) is 72.0 Å². The van der Waals surface area contributed by atoms with Crippen molar-refractivity contribution in [3.05, 3.63) is 42.5 Å². The number of piperidine rings is 1. The van der Waals surface area contributed by atoms with Crippen molar-refractivity contribution in [2.45, 2.75) is 76.4 Å². The van der Waals surface area contributed by atoms with Gasteiger partial charge in [0.1, 0.15) is 5.75 Å². The Bertz CT molecular complexity index is 1150. The molecule has 0 unspecified atom stereocenters. The maximum Gasteiger partial charge on any atom is 0.308 e. The van der Waals surface area contributed by atoms with Gasteiger partial charge in [-0.25, -0.2) is 0 Å². The van der Waals surface area contributed by atoms with E-state index in [1.807, 2.05) is 34.1 Å². The van der Waals surface area contributed by atoms with Crippen LogP contribution in [0.1, 0.15) is 63.9 Å². The fourth-order valence-corrected chi connectivity index (χ4v) is 8.06. The van der Waals surface area contributed by atoms with Crippen molar-refractivity contribution < 1.29 is 33.4 Å². The van der Waals surface area contributed by atoms with Crippen LogP contribution in [0, 0.1) is 17.3 Å². The first kappa shape index (κ1) is 28.2. The number of esters is 2. The number of carbonyl (C=O) groups excluding carboxylic acids is 4. The number of fused-ring (bicyclic) bond motifs is 1. The Labute approximate surface area is 235 Å². The molecular formula is C31H40N2O7. The van der Waals surface area contributed by atoms with Crippen molar-refractivity contribution in [2.75, 3.05) is 26.9 Å². The molecule has 1 aliphatic carbocycles. The first-order valence-electron chi connectivity index (χ1n) is 14.5. The lowest BCUT2D eigenvalue weighted by molar-refractivity contribution is -0.194. The first-order valence-corrected chi connectivity index (χ1v) is 14.5. The summed E-state index contributed by atoms with van der Waals surface area (Å²) in [4.78, 5) is 57.5. The molecule has 1 saturated carbocycles. The Balaban J connectivity index is 1.63. The summed E-state index contributed by atoms with van der Waals surface area (Å²) in [6.07, 6.45) is 5.49. The highest BCUT2D eigenvalue weighted by atomic mass is 16.5. The average Bonchev–Trinajstić information content (AvgIpc) is 3.11. The number of allylic oxidation sites excluding steroid dienone is 1. The number of benzene rings is 1. The topological polar surface area (TPSA) is 102 Å². The van der Waals surface area contributed by atoms with Crippen LogP contribution in [0.5, 0.6) is 5.75 Å². The molecule has 4 aliphatic rings. The molecule has 4 fully saturated rings. The molecule has 5 rings (SSSR count). The largest absolute Gasteiger partial charge is 0.497 e. The summed E-state index contributed by atoms with van der Waals surface area (Å²) in [5.74, 6) is -0.325. The van der Waals surface area contributed by atoms with Crippen LogP contribution in [0.2, 0.25) is 0 Å². The van der Waals surface area contributed by atoms with E-state index in [4.69, 9.17) is 14.2 Å². The Kier molecular flexibility index (Phi) is 7.93.